The predicted molar refractivity (Wildman–Crippen MR) is 86.8 cm³/mol. The number of hydrogen-bond acceptors (Lipinski definition) is 3. The quantitative estimate of drug-likeness (QED) is 0.230. The number of ether oxygens (including phenoxy) is 1. The Labute approximate surface area is 135 Å². The highest BCUT2D eigenvalue weighted by Gasteiger charge is 2.34. The van der Waals surface area contributed by atoms with E-state index in [2.05, 4.69) is 0 Å². The third kappa shape index (κ3) is 10.7. The van der Waals surface area contributed by atoms with Crippen LogP contribution in [0.25, 0.3) is 0 Å². The number of alkyl halides is 2. The Morgan fingerprint density at radius 3 is 2.20 bits per heavy atom. The molecule has 0 amide bonds. The van der Waals surface area contributed by atoms with Gasteiger partial charge in [-0.3, -0.25) is 0 Å². The molecule has 0 aromatic rings. The monoisotopic (exact) mass is 342 g/mol. The minimum Gasteiger partial charge on any atom is -0.464 e. The van der Waals surface area contributed by atoms with Crippen LogP contribution in [0.5, 0.6) is 0 Å². The summed E-state index contributed by atoms with van der Waals surface area (Å²) in [7, 11) is 0. The molecule has 0 unspecified atom stereocenters. The third-order valence-corrected chi connectivity index (χ3v) is 4.01. The lowest BCUT2D eigenvalue weighted by Gasteiger charge is -2.17. The molecule has 0 heterocycles. The van der Waals surface area contributed by atoms with Crippen LogP contribution in [0.4, 0.5) is 0 Å². The molecule has 0 aliphatic rings. The maximum atomic E-state index is 11.4. The van der Waals surface area contributed by atoms with Crippen LogP contribution in [-0.2, 0) is 20.8 Å². The molecule has 20 heavy (non-hydrogen) atoms. The molecular formula is C14H24Cl2O3S. The molecule has 0 spiro atoms. The molecular weight excluding hydrogens is 319 g/mol. The van der Waals surface area contributed by atoms with Gasteiger partial charge in [-0.2, -0.15) is 0 Å². The highest BCUT2D eigenvalue weighted by Crippen LogP contribution is 2.29. The van der Waals surface area contributed by atoms with Gasteiger partial charge < -0.3 is 4.74 Å². The van der Waals surface area contributed by atoms with Crippen molar-refractivity contribution in [2.24, 2.45) is 0 Å². The summed E-state index contributed by atoms with van der Waals surface area (Å²) >= 11 is 12.4. The highest BCUT2D eigenvalue weighted by molar-refractivity contribution is 7.64. The average molecular weight is 343 g/mol. The minimum atomic E-state index is -1.40. The van der Waals surface area contributed by atoms with E-state index in [1.165, 1.54) is 12.8 Å². The first-order chi connectivity index (χ1) is 9.54. The van der Waals surface area contributed by atoms with E-state index in [4.69, 9.17) is 27.9 Å². The third-order valence-electron chi connectivity index (χ3n) is 2.95. The van der Waals surface area contributed by atoms with Crippen LogP contribution >= 0.6 is 23.2 Å². The first-order valence-electron chi connectivity index (χ1n) is 7.20. The van der Waals surface area contributed by atoms with Gasteiger partial charge in [0, 0.05) is 5.37 Å². The predicted octanol–water partition coefficient (Wildman–Crippen LogP) is 4.25. The summed E-state index contributed by atoms with van der Waals surface area (Å²) < 4.78 is 13.5. The Morgan fingerprint density at radius 1 is 1.10 bits per heavy atom. The number of carbonyl (C=O) groups is 1. The molecule has 6 heteroatoms. The lowest BCUT2D eigenvalue weighted by atomic mass is 10.1. The van der Waals surface area contributed by atoms with E-state index in [0.717, 1.165) is 38.5 Å². The van der Waals surface area contributed by atoms with Gasteiger partial charge in [-0.05, 0) is 32.6 Å². The van der Waals surface area contributed by atoms with Gasteiger partial charge in [-0.15, -0.1) is 0 Å². The number of rotatable bonds is 12. The number of carbonyl (C=O) groups excluding carboxylic acids is 1. The summed E-state index contributed by atoms with van der Waals surface area (Å²) in [5.74, 6) is -0.546. The fourth-order valence-corrected chi connectivity index (χ4v) is 2.48. The molecule has 0 aromatic carbocycles. The van der Waals surface area contributed by atoms with Crippen LogP contribution in [0, 0.1) is 0 Å². The smallest absolute Gasteiger partial charge is 0.342 e. The highest BCUT2D eigenvalue weighted by atomic mass is 35.5. The molecule has 0 rings (SSSR count). The Balaban J connectivity index is 3.47. The summed E-state index contributed by atoms with van der Waals surface area (Å²) in [4.78, 5) is 11.4. The van der Waals surface area contributed by atoms with E-state index in [0.29, 0.717) is 24.3 Å². The van der Waals surface area contributed by atoms with Gasteiger partial charge in [0.05, 0.1) is 17.9 Å². The molecule has 0 saturated carbocycles. The molecule has 0 aliphatic carbocycles. The Bertz CT molecular complexity index is 316. The largest absolute Gasteiger partial charge is 0.464 e. The second-order valence-electron chi connectivity index (χ2n) is 4.70. The van der Waals surface area contributed by atoms with Gasteiger partial charge in [0.2, 0.25) is 4.33 Å². The van der Waals surface area contributed by atoms with E-state index < -0.39 is 10.3 Å². The summed E-state index contributed by atoms with van der Waals surface area (Å²) in [5.41, 5.74) is 0. The lowest BCUT2D eigenvalue weighted by molar-refractivity contribution is -0.144. The Kier molecular flexibility index (Phi) is 12.6. The minimum absolute atomic E-state index is 0.294. The zero-order valence-corrected chi connectivity index (χ0v) is 14.4. The summed E-state index contributed by atoms with van der Waals surface area (Å²) in [6.07, 6.45) is 8.89. The fraction of sp³-hybridized carbons (Fsp3) is 0.857. The van der Waals surface area contributed by atoms with Crippen LogP contribution in [0.2, 0.25) is 0 Å². The van der Waals surface area contributed by atoms with Crippen LogP contribution in [0.15, 0.2) is 0 Å². The van der Waals surface area contributed by atoms with Crippen LogP contribution < -0.4 is 0 Å². The Hall–Kier alpha value is -0.0600. The van der Waals surface area contributed by atoms with Gasteiger partial charge in [-0.25, -0.2) is 9.00 Å². The van der Waals surface area contributed by atoms with Gasteiger partial charge in [0.25, 0.3) is 0 Å². The molecule has 0 atom stereocenters. The molecule has 3 nitrogen and oxygen atoms in total. The molecule has 118 valence electrons. The van der Waals surface area contributed by atoms with E-state index in [1.54, 1.807) is 12.3 Å². The standard InChI is InChI=1S/C14H24Cl2O3S/c1-2-19-13(17)14(15,16)11-9-7-5-3-4-6-8-10-12-20-18/h12H,2-11H2,1H3. The molecule has 0 saturated heterocycles. The van der Waals surface area contributed by atoms with E-state index in [1.807, 2.05) is 0 Å². The van der Waals surface area contributed by atoms with Crippen LogP contribution in [0.3, 0.4) is 0 Å². The Morgan fingerprint density at radius 2 is 1.65 bits per heavy atom. The zero-order chi connectivity index (χ0) is 15.3. The first kappa shape index (κ1) is 19.9. The van der Waals surface area contributed by atoms with E-state index >= 15 is 0 Å². The van der Waals surface area contributed by atoms with Crippen molar-refractivity contribution < 1.29 is 13.7 Å². The number of halogens is 2. The van der Waals surface area contributed by atoms with Crippen molar-refractivity contribution in [3.05, 3.63) is 0 Å². The molecule has 0 aliphatic heterocycles. The normalized spacial score (nSPS) is 11.2. The SMILES string of the molecule is CCOC(=O)C(Cl)(Cl)CCCCCCCCCC=S=O. The van der Waals surface area contributed by atoms with Crippen LogP contribution in [-0.4, -0.2) is 26.5 Å². The maximum Gasteiger partial charge on any atom is 0.342 e. The summed E-state index contributed by atoms with van der Waals surface area (Å²) in [6.45, 7) is 2.03. The van der Waals surface area contributed by atoms with Crippen molar-refractivity contribution in [3.8, 4) is 0 Å². The van der Waals surface area contributed by atoms with Crippen molar-refractivity contribution in [2.75, 3.05) is 6.61 Å². The molecule has 0 N–H and O–H groups in total. The lowest BCUT2D eigenvalue weighted by Crippen LogP contribution is -2.28. The fourth-order valence-electron chi connectivity index (χ4n) is 1.85. The van der Waals surface area contributed by atoms with Gasteiger partial charge in [0.1, 0.15) is 0 Å². The topological polar surface area (TPSA) is 43.4 Å². The van der Waals surface area contributed by atoms with Crippen molar-refractivity contribution >= 4 is 45.8 Å². The number of unbranched alkanes of at least 4 members (excludes halogenated alkanes) is 7. The number of esters is 1. The van der Waals surface area contributed by atoms with E-state index in [-0.39, 0.29) is 0 Å². The molecule has 0 bridgehead atoms. The number of hydrogen-bond donors (Lipinski definition) is 0. The van der Waals surface area contributed by atoms with Gasteiger partial charge in [0.15, 0.2) is 0 Å². The summed E-state index contributed by atoms with van der Waals surface area (Å²) in [6, 6.07) is 0. The van der Waals surface area contributed by atoms with Crippen molar-refractivity contribution in [1.82, 2.24) is 0 Å². The van der Waals surface area contributed by atoms with Gasteiger partial charge >= 0.3 is 5.97 Å². The zero-order valence-electron chi connectivity index (χ0n) is 12.0. The average Bonchev–Trinajstić information content (AvgIpc) is 2.41. The van der Waals surface area contributed by atoms with Crippen LogP contribution in [0.1, 0.15) is 64.7 Å². The molecule has 0 fully saturated rings. The second-order valence-corrected chi connectivity index (χ2v) is 6.71. The molecule has 0 aromatic heterocycles. The van der Waals surface area contributed by atoms with Crippen molar-refractivity contribution in [1.29, 1.82) is 0 Å². The van der Waals surface area contributed by atoms with Crippen molar-refractivity contribution in [3.63, 3.8) is 0 Å². The van der Waals surface area contributed by atoms with Gasteiger partial charge in [-0.1, -0.05) is 55.3 Å². The first-order valence-corrected chi connectivity index (χ1v) is 8.76. The maximum absolute atomic E-state index is 11.4. The van der Waals surface area contributed by atoms with Crippen molar-refractivity contribution in [2.45, 2.75) is 69.0 Å². The molecule has 0 radical (unpaired) electrons. The van der Waals surface area contributed by atoms with E-state index in [9.17, 15) is 9.00 Å². The second kappa shape index (κ2) is 12.7. The summed E-state index contributed by atoms with van der Waals surface area (Å²) in [5, 5.41) is 1.70.